The molecule has 1 unspecified atom stereocenters. The van der Waals surface area contributed by atoms with Crippen LogP contribution in [0, 0.1) is 6.92 Å². The Hall–Kier alpha value is -3.07. The summed E-state index contributed by atoms with van der Waals surface area (Å²) in [6.45, 7) is 6.47. The number of nitrogens with zero attached hydrogens (tertiary/aromatic N) is 2. The highest BCUT2D eigenvalue weighted by atomic mass is 35.5. The smallest absolute Gasteiger partial charge is 0.264 e. The molecule has 38 heavy (non-hydrogen) atoms. The summed E-state index contributed by atoms with van der Waals surface area (Å²) in [4.78, 5) is 28.2. The van der Waals surface area contributed by atoms with Gasteiger partial charge in [0.1, 0.15) is 12.6 Å². The molecule has 0 saturated heterocycles. The van der Waals surface area contributed by atoms with E-state index in [2.05, 4.69) is 5.32 Å². The molecule has 0 fully saturated rings. The van der Waals surface area contributed by atoms with Gasteiger partial charge >= 0.3 is 0 Å². The zero-order chi connectivity index (χ0) is 28.0. The Morgan fingerprint density at radius 3 is 2.00 bits per heavy atom. The molecule has 2 amide bonds. The Bertz CT molecular complexity index is 1360. The largest absolute Gasteiger partial charge is 0.352 e. The fraction of sp³-hybridized carbons (Fsp3) is 0.286. The van der Waals surface area contributed by atoms with Crippen molar-refractivity contribution in [2.75, 3.05) is 10.8 Å². The van der Waals surface area contributed by atoms with E-state index in [0.717, 1.165) is 9.87 Å². The lowest BCUT2D eigenvalue weighted by atomic mass is 10.1. The van der Waals surface area contributed by atoms with Crippen LogP contribution < -0.4 is 9.62 Å². The molecular weight excluding hydrogens is 545 g/mol. The summed E-state index contributed by atoms with van der Waals surface area (Å²) in [5.41, 5.74) is 1.72. The average Bonchev–Trinajstić information content (AvgIpc) is 2.87. The number of benzene rings is 3. The van der Waals surface area contributed by atoms with Gasteiger partial charge in [0, 0.05) is 28.2 Å². The second-order valence-electron chi connectivity index (χ2n) is 9.22. The molecule has 10 heteroatoms. The van der Waals surface area contributed by atoms with Crippen LogP contribution in [-0.4, -0.2) is 43.8 Å². The standard InChI is InChI=1S/C28H31Cl2N3O4S/c1-19(2)31-28(35)21(4)32(17-24-25(29)11-8-12-26(24)30)27(34)18-33(22-15-13-20(3)14-16-22)38(36,37)23-9-6-5-7-10-23/h5-16,19,21H,17-18H2,1-4H3,(H,31,35). The van der Waals surface area contributed by atoms with Gasteiger partial charge < -0.3 is 10.2 Å². The van der Waals surface area contributed by atoms with Crippen molar-refractivity contribution in [3.8, 4) is 0 Å². The molecule has 0 radical (unpaired) electrons. The highest BCUT2D eigenvalue weighted by Crippen LogP contribution is 2.28. The SMILES string of the molecule is Cc1ccc(N(CC(=O)N(Cc2c(Cl)cccc2Cl)C(C)C(=O)NC(C)C)S(=O)(=O)c2ccccc2)cc1. The lowest BCUT2D eigenvalue weighted by molar-refractivity contribution is -0.139. The minimum atomic E-state index is -4.12. The van der Waals surface area contributed by atoms with Crippen molar-refractivity contribution in [1.29, 1.82) is 0 Å². The molecular formula is C28H31Cl2N3O4S. The predicted molar refractivity (Wildman–Crippen MR) is 152 cm³/mol. The number of hydrogen-bond acceptors (Lipinski definition) is 4. The molecule has 0 aliphatic rings. The van der Waals surface area contributed by atoms with Crippen molar-refractivity contribution in [2.24, 2.45) is 0 Å². The van der Waals surface area contributed by atoms with Crippen molar-refractivity contribution >= 4 is 50.7 Å². The first-order valence-corrected chi connectivity index (χ1v) is 14.3. The van der Waals surface area contributed by atoms with Gasteiger partial charge in [-0.15, -0.1) is 0 Å². The summed E-state index contributed by atoms with van der Waals surface area (Å²) in [7, 11) is -4.12. The van der Waals surface area contributed by atoms with Crippen LogP contribution in [0.5, 0.6) is 0 Å². The fourth-order valence-corrected chi connectivity index (χ4v) is 5.75. The summed E-state index contributed by atoms with van der Waals surface area (Å²) in [6.07, 6.45) is 0. The molecule has 0 bridgehead atoms. The van der Waals surface area contributed by atoms with Gasteiger partial charge in [-0.25, -0.2) is 8.42 Å². The molecule has 3 aromatic carbocycles. The van der Waals surface area contributed by atoms with Crippen LogP contribution in [-0.2, 0) is 26.2 Å². The summed E-state index contributed by atoms with van der Waals surface area (Å²) in [5, 5.41) is 3.47. The zero-order valence-electron chi connectivity index (χ0n) is 21.7. The number of amides is 2. The summed E-state index contributed by atoms with van der Waals surface area (Å²) < 4.78 is 28.5. The van der Waals surface area contributed by atoms with Gasteiger partial charge in [0.25, 0.3) is 10.0 Å². The lowest BCUT2D eigenvalue weighted by Crippen LogP contribution is -2.52. The fourth-order valence-electron chi connectivity index (χ4n) is 3.80. The Labute approximate surface area is 234 Å². The van der Waals surface area contributed by atoms with Crippen LogP contribution in [0.4, 0.5) is 5.69 Å². The number of carbonyl (C=O) groups excluding carboxylic acids is 2. The first kappa shape index (κ1) is 29.5. The average molecular weight is 577 g/mol. The number of nitrogens with one attached hydrogen (secondary N) is 1. The number of hydrogen-bond donors (Lipinski definition) is 1. The number of rotatable bonds is 10. The van der Waals surface area contributed by atoms with Crippen molar-refractivity contribution in [1.82, 2.24) is 10.2 Å². The van der Waals surface area contributed by atoms with Gasteiger partial charge in [-0.05, 0) is 64.1 Å². The number of sulfonamides is 1. The van der Waals surface area contributed by atoms with Gasteiger partial charge in [0.2, 0.25) is 11.8 Å². The van der Waals surface area contributed by atoms with E-state index in [1.807, 2.05) is 20.8 Å². The zero-order valence-corrected chi connectivity index (χ0v) is 24.0. The molecule has 0 aliphatic carbocycles. The van der Waals surface area contributed by atoms with Crippen molar-refractivity contribution < 1.29 is 18.0 Å². The third-order valence-electron chi connectivity index (χ3n) is 5.92. The van der Waals surface area contributed by atoms with Crippen LogP contribution in [0.25, 0.3) is 0 Å². The number of aryl methyl sites for hydroxylation is 1. The Morgan fingerprint density at radius 2 is 1.45 bits per heavy atom. The second-order valence-corrected chi connectivity index (χ2v) is 11.9. The van der Waals surface area contributed by atoms with E-state index >= 15 is 0 Å². The molecule has 3 aromatic rings. The van der Waals surface area contributed by atoms with Gasteiger partial charge in [0.05, 0.1) is 10.6 Å². The lowest BCUT2D eigenvalue weighted by Gasteiger charge is -2.32. The van der Waals surface area contributed by atoms with E-state index in [4.69, 9.17) is 23.2 Å². The summed E-state index contributed by atoms with van der Waals surface area (Å²) in [5.74, 6) is -0.975. The Balaban J connectivity index is 2.05. The highest BCUT2D eigenvalue weighted by Gasteiger charge is 2.33. The Morgan fingerprint density at radius 1 is 0.868 bits per heavy atom. The molecule has 7 nitrogen and oxygen atoms in total. The maximum atomic E-state index is 13.9. The van der Waals surface area contributed by atoms with E-state index in [0.29, 0.717) is 21.3 Å². The molecule has 3 rings (SSSR count). The van der Waals surface area contributed by atoms with Crippen LogP contribution >= 0.6 is 23.2 Å². The van der Waals surface area contributed by atoms with Crippen LogP contribution in [0.3, 0.4) is 0 Å². The van der Waals surface area contributed by atoms with E-state index in [1.54, 1.807) is 67.6 Å². The van der Waals surface area contributed by atoms with Crippen molar-refractivity contribution in [3.63, 3.8) is 0 Å². The predicted octanol–water partition coefficient (Wildman–Crippen LogP) is 5.44. The maximum Gasteiger partial charge on any atom is 0.264 e. The molecule has 202 valence electrons. The van der Waals surface area contributed by atoms with E-state index < -0.39 is 28.5 Å². The first-order valence-electron chi connectivity index (χ1n) is 12.1. The second kappa shape index (κ2) is 12.7. The third-order valence-corrected chi connectivity index (χ3v) is 8.42. The molecule has 0 spiro atoms. The topological polar surface area (TPSA) is 86.8 Å². The molecule has 0 saturated carbocycles. The first-order chi connectivity index (χ1) is 17.9. The maximum absolute atomic E-state index is 13.9. The van der Waals surface area contributed by atoms with Crippen LogP contribution in [0.2, 0.25) is 10.0 Å². The molecule has 0 aliphatic heterocycles. The van der Waals surface area contributed by atoms with Gasteiger partial charge in [0.15, 0.2) is 0 Å². The third kappa shape index (κ3) is 7.07. The molecule has 1 atom stereocenters. The number of carbonyl (C=O) groups is 2. The minimum Gasteiger partial charge on any atom is -0.352 e. The quantitative estimate of drug-likeness (QED) is 0.348. The van der Waals surface area contributed by atoms with Gasteiger partial charge in [-0.1, -0.05) is 65.2 Å². The molecule has 0 heterocycles. The minimum absolute atomic E-state index is 0.0414. The van der Waals surface area contributed by atoms with Gasteiger partial charge in [-0.2, -0.15) is 0 Å². The number of anilines is 1. The normalized spacial score (nSPS) is 12.2. The summed E-state index contributed by atoms with van der Waals surface area (Å²) >= 11 is 12.8. The highest BCUT2D eigenvalue weighted by molar-refractivity contribution is 7.92. The van der Waals surface area contributed by atoms with Crippen molar-refractivity contribution in [2.45, 2.75) is 51.2 Å². The van der Waals surface area contributed by atoms with Crippen molar-refractivity contribution in [3.05, 3.63) is 94.0 Å². The van der Waals surface area contributed by atoms with Crippen LogP contribution in [0.1, 0.15) is 31.9 Å². The monoisotopic (exact) mass is 575 g/mol. The van der Waals surface area contributed by atoms with E-state index in [-0.39, 0.29) is 23.4 Å². The van der Waals surface area contributed by atoms with Gasteiger partial charge in [-0.3, -0.25) is 13.9 Å². The summed E-state index contributed by atoms with van der Waals surface area (Å²) in [6, 6.07) is 18.6. The van der Waals surface area contributed by atoms with E-state index in [1.165, 1.54) is 17.0 Å². The van der Waals surface area contributed by atoms with Crippen LogP contribution in [0.15, 0.2) is 77.7 Å². The number of halogens is 2. The Kier molecular flexibility index (Phi) is 9.82. The van der Waals surface area contributed by atoms with E-state index in [9.17, 15) is 18.0 Å². The molecule has 1 N–H and O–H groups in total. The molecule has 0 aromatic heterocycles.